The van der Waals surface area contributed by atoms with E-state index >= 15 is 0 Å². The number of hydrogen-bond acceptors (Lipinski definition) is 2. The summed E-state index contributed by atoms with van der Waals surface area (Å²) in [5.74, 6) is 0.521. The molecule has 2 N–H and O–H groups in total. The molecule has 1 heterocycles. The SMILES string of the molecule is CC(C)n1c(-c2cc(N)ccc2Br)nc2ccc(F)cc21. The first-order valence-electron chi connectivity index (χ1n) is 6.70. The standard InChI is InChI=1S/C16H15BrFN3/c1-9(2)21-15-7-10(18)3-6-14(15)20-16(21)12-8-11(19)4-5-13(12)17/h3-9H,19H2,1-2H3. The molecular formula is C16H15BrFN3. The maximum Gasteiger partial charge on any atom is 0.142 e. The molecule has 0 fully saturated rings. The lowest BCUT2D eigenvalue weighted by Crippen LogP contribution is -2.04. The molecule has 3 aromatic rings. The zero-order valence-electron chi connectivity index (χ0n) is 11.8. The van der Waals surface area contributed by atoms with Crippen LogP contribution in [0.25, 0.3) is 22.4 Å². The summed E-state index contributed by atoms with van der Waals surface area (Å²) in [5, 5.41) is 0. The molecule has 0 bridgehead atoms. The second-order valence-corrected chi connectivity index (χ2v) is 6.13. The number of imidazole rings is 1. The van der Waals surface area contributed by atoms with Crippen LogP contribution < -0.4 is 5.73 Å². The number of benzene rings is 2. The van der Waals surface area contributed by atoms with Crippen molar-refractivity contribution >= 4 is 32.7 Å². The van der Waals surface area contributed by atoms with Crippen LogP contribution in [0.4, 0.5) is 10.1 Å². The van der Waals surface area contributed by atoms with Crippen molar-refractivity contribution in [2.75, 3.05) is 5.73 Å². The first-order valence-corrected chi connectivity index (χ1v) is 7.49. The van der Waals surface area contributed by atoms with Crippen LogP contribution >= 0.6 is 15.9 Å². The van der Waals surface area contributed by atoms with Crippen molar-refractivity contribution in [3.8, 4) is 11.4 Å². The lowest BCUT2D eigenvalue weighted by Gasteiger charge is -2.14. The number of nitrogens with two attached hydrogens (primary N) is 1. The normalized spacial score (nSPS) is 11.5. The number of hydrogen-bond donors (Lipinski definition) is 1. The number of nitrogens with zero attached hydrogens (tertiary/aromatic N) is 2. The first kappa shape index (κ1) is 14.1. The Bertz CT molecular complexity index is 824. The van der Waals surface area contributed by atoms with Crippen LogP contribution in [-0.4, -0.2) is 9.55 Å². The van der Waals surface area contributed by atoms with Gasteiger partial charge in [0.05, 0.1) is 11.0 Å². The van der Waals surface area contributed by atoms with E-state index in [1.165, 1.54) is 12.1 Å². The van der Waals surface area contributed by atoms with E-state index in [1.54, 1.807) is 6.07 Å². The Balaban J connectivity index is 2.36. The maximum atomic E-state index is 13.6. The molecule has 0 saturated heterocycles. The smallest absolute Gasteiger partial charge is 0.142 e. The average molecular weight is 348 g/mol. The molecule has 0 amide bonds. The predicted molar refractivity (Wildman–Crippen MR) is 87.6 cm³/mol. The minimum Gasteiger partial charge on any atom is -0.399 e. The van der Waals surface area contributed by atoms with Crippen molar-refractivity contribution in [2.45, 2.75) is 19.9 Å². The molecule has 0 atom stereocenters. The van der Waals surface area contributed by atoms with E-state index in [4.69, 9.17) is 5.73 Å². The van der Waals surface area contributed by atoms with Crippen LogP contribution in [0.3, 0.4) is 0 Å². The number of fused-ring (bicyclic) bond motifs is 1. The summed E-state index contributed by atoms with van der Waals surface area (Å²) < 4.78 is 16.5. The van der Waals surface area contributed by atoms with Crippen molar-refractivity contribution in [3.05, 3.63) is 46.7 Å². The van der Waals surface area contributed by atoms with E-state index in [0.717, 1.165) is 26.9 Å². The lowest BCUT2D eigenvalue weighted by molar-refractivity contribution is 0.613. The van der Waals surface area contributed by atoms with Crippen molar-refractivity contribution in [1.82, 2.24) is 9.55 Å². The molecule has 108 valence electrons. The van der Waals surface area contributed by atoms with E-state index in [-0.39, 0.29) is 11.9 Å². The van der Waals surface area contributed by atoms with Gasteiger partial charge in [-0.1, -0.05) is 15.9 Å². The van der Waals surface area contributed by atoms with Gasteiger partial charge in [0.15, 0.2) is 0 Å². The third kappa shape index (κ3) is 2.42. The van der Waals surface area contributed by atoms with Gasteiger partial charge < -0.3 is 10.3 Å². The van der Waals surface area contributed by atoms with Gasteiger partial charge in [0.2, 0.25) is 0 Å². The fourth-order valence-corrected chi connectivity index (χ4v) is 2.92. The molecular weight excluding hydrogens is 333 g/mol. The third-order valence-corrected chi connectivity index (χ3v) is 4.09. The van der Waals surface area contributed by atoms with Crippen LogP contribution in [0.2, 0.25) is 0 Å². The van der Waals surface area contributed by atoms with Gasteiger partial charge in [0.25, 0.3) is 0 Å². The largest absolute Gasteiger partial charge is 0.399 e. The highest BCUT2D eigenvalue weighted by molar-refractivity contribution is 9.10. The molecule has 0 radical (unpaired) electrons. The highest BCUT2D eigenvalue weighted by atomic mass is 79.9. The lowest BCUT2D eigenvalue weighted by atomic mass is 10.2. The van der Waals surface area contributed by atoms with Crippen molar-refractivity contribution in [2.24, 2.45) is 0 Å². The Morgan fingerprint density at radius 1 is 1.19 bits per heavy atom. The molecule has 0 aliphatic rings. The van der Waals surface area contributed by atoms with E-state index in [1.807, 2.05) is 22.8 Å². The summed E-state index contributed by atoms with van der Waals surface area (Å²) in [6.07, 6.45) is 0. The maximum absolute atomic E-state index is 13.6. The molecule has 0 spiro atoms. The van der Waals surface area contributed by atoms with Gasteiger partial charge in [-0.05, 0) is 50.2 Å². The quantitative estimate of drug-likeness (QED) is 0.678. The summed E-state index contributed by atoms with van der Waals surface area (Å²) in [6.45, 7) is 4.10. The summed E-state index contributed by atoms with van der Waals surface area (Å²) in [4.78, 5) is 4.66. The Morgan fingerprint density at radius 2 is 1.95 bits per heavy atom. The topological polar surface area (TPSA) is 43.8 Å². The van der Waals surface area contributed by atoms with E-state index in [2.05, 4.69) is 34.8 Å². The van der Waals surface area contributed by atoms with E-state index < -0.39 is 0 Å². The van der Waals surface area contributed by atoms with Crippen LogP contribution in [0.15, 0.2) is 40.9 Å². The van der Waals surface area contributed by atoms with Crippen molar-refractivity contribution in [3.63, 3.8) is 0 Å². The molecule has 3 nitrogen and oxygen atoms in total. The Labute approximate surface area is 130 Å². The number of halogens is 2. The van der Waals surface area contributed by atoms with Gasteiger partial charge >= 0.3 is 0 Å². The average Bonchev–Trinajstić information content (AvgIpc) is 2.79. The van der Waals surface area contributed by atoms with Gasteiger partial charge in [-0.15, -0.1) is 0 Å². The summed E-state index contributed by atoms with van der Waals surface area (Å²) >= 11 is 3.54. The Kier molecular flexibility index (Phi) is 3.45. The Hall–Kier alpha value is -1.88. The molecule has 0 unspecified atom stereocenters. The van der Waals surface area contributed by atoms with Gasteiger partial charge in [-0.2, -0.15) is 0 Å². The van der Waals surface area contributed by atoms with E-state index in [0.29, 0.717) is 5.69 Å². The first-order chi connectivity index (χ1) is 9.97. The molecule has 0 aliphatic carbocycles. The molecule has 0 aliphatic heterocycles. The van der Waals surface area contributed by atoms with Crippen LogP contribution in [-0.2, 0) is 0 Å². The second-order valence-electron chi connectivity index (χ2n) is 5.27. The van der Waals surface area contributed by atoms with Crippen LogP contribution in [0.5, 0.6) is 0 Å². The molecule has 2 aromatic carbocycles. The third-order valence-electron chi connectivity index (χ3n) is 3.40. The van der Waals surface area contributed by atoms with Crippen molar-refractivity contribution < 1.29 is 4.39 Å². The molecule has 3 rings (SSSR count). The van der Waals surface area contributed by atoms with Gasteiger partial charge in [0, 0.05) is 21.8 Å². The summed E-state index contributed by atoms with van der Waals surface area (Å²) in [5.41, 5.74) is 9.02. The summed E-state index contributed by atoms with van der Waals surface area (Å²) in [7, 11) is 0. The monoisotopic (exact) mass is 347 g/mol. The number of anilines is 1. The highest BCUT2D eigenvalue weighted by Crippen LogP contribution is 2.34. The predicted octanol–water partition coefficient (Wildman–Crippen LogP) is 4.77. The fraction of sp³-hybridized carbons (Fsp3) is 0.188. The fourth-order valence-electron chi connectivity index (χ4n) is 2.49. The van der Waals surface area contributed by atoms with Gasteiger partial charge in [-0.3, -0.25) is 0 Å². The molecule has 5 heteroatoms. The number of rotatable bonds is 2. The van der Waals surface area contributed by atoms with Gasteiger partial charge in [-0.25, -0.2) is 9.37 Å². The van der Waals surface area contributed by atoms with Gasteiger partial charge in [0.1, 0.15) is 11.6 Å². The minimum absolute atomic E-state index is 0.153. The molecule has 1 aromatic heterocycles. The van der Waals surface area contributed by atoms with E-state index in [9.17, 15) is 4.39 Å². The number of nitrogen functional groups attached to an aromatic ring is 1. The van der Waals surface area contributed by atoms with Crippen LogP contribution in [0.1, 0.15) is 19.9 Å². The minimum atomic E-state index is -0.262. The van der Waals surface area contributed by atoms with Crippen LogP contribution in [0, 0.1) is 5.82 Å². The zero-order chi connectivity index (χ0) is 15.1. The highest BCUT2D eigenvalue weighted by Gasteiger charge is 2.17. The Morgan fingerprint density at radius 3 is 2.67 bits per heavy atom. The van der Waals surface area contributed by atoms with Crippen molar-refractivity contribution in [1.29, 1.82) is 0 Å². The molecule has 0 saturated carbocycles. The summed E-state index contributed by atoms with van der Waals surface area (Å²) in [6, 6.07) is 10.4. The number of aromatic nitrogens is 2. The second kappa shape index (κ2) is 5.15. The zero-order valence-corrected chi connectivity index (χ0v) is 13.4. The molecule has 21 heavy (non-hydrogen) atoms.